The van der Waals surface area contributed by atoms with Crippen molar-refractivity contribution >= 4 is 23.2 Å². The van der Waals surface area contributed by atoms with Gasteiger partial charge in [-0.15, -0.1) is 0 Å². The lowest BCUT2D eigenvalue weighted by atomic mass is 10.1. The number of hydrogen-bond donors (Lipinski definition) is 1. The second-order valence-corrected chi connectivity index (χ2v) is 5.33. The van der Waals surface area contributed by atoms with Gasteiger partial charge in [-0.05, 0) is 36.4 Å². The second kappa shape index (κ2) is 6.50. The van der Waals surface area contributed by atoms with Gasteiger partial charge in [0.1, 0.15) is 0 Å². The Morgan fingerprint density at radius 2 is 1.74 bits per heavy atom. The lowest BCUT2D eigenvalue weighted by Gasteiger charge is -2.12. The number of anilines is 1. The summed E-state index contributed by atoms with van der Waals surface area (Å²) < 4.78 is 1.44. The van der Waals surface area contributed by atoms with Crippen LogP contribution in [0.1, 0.15) is 10.4 Å². The lowest BCUT2D eigenvalue weighted by Crippen LogP contribution is -2.21. The van der Waals surface area contributed by atoms with Crippen LogP contribution in [0.3, 0.4) is 0 Å². The highest BCUT2D eigenvalue weighted by molar-refractivity contribution is 6.31. The molecular formula is C18H13ClN2O2. The van der Waals surface area contributed by atoms with E-state index in [-0.39, 0.29) is 11.5 Å². The Morgan fingerprint density at radius 3 is 2.52 bits per heavy atom. The van der Waals surface area contributed by atoms with Crippen LogP contribution in [0.5, 0.6) is 0 Å². The summed E-state index contributed by atoms with van der Waals surface area (Å²) in [7, 11) is 0. The van der Waals surface area contributed by atoms with E-state index in [1.807, 2.05) is 0 Å². The second-order valence-electron chi connectivity index (χ2n) is 4.89. The number of hydrogen-bond acceptors (Lipinski definition) is 2. The highest BCUT2D eigenvalue weighted by Gasteiger charge is 2.13. The molecule has 0 bridgehead atoms. The van der Waals surface area contributed by atoms with Crippen molar-refractivity contribution in [3.05, 3.63) is 93.9 Å². The number of rotatable bonds is 3. The molecule has 23 heavy (non-hydrogen) atoms. The fourth-order valence-electron chi connectivity index (χ4n) is 2.27. The number of halogens is 1. The number of nitrogens with zero attached hydrogens (tertiary/aromatic N) is 1. The number of benzene rings is 2. The summed E-state index contributed by atoms with van der Waals surface area (Å²) in [5.74, 6) is -0.307. The molecule has 0 unspecified atom stereocenters. The van der Waals surface area contributed by atoms with Gasteiger partial charge in [-0.1, -0.05) is 35.9 Å². The van der Waals surface area contributed by atoms with Gasteiger partial charge >= 0.3 is 0 Å². The van der Waals surface area contributed by atoms with Gasteiger partial charge in [-0.25, -0.2) is 0 Å². The van der Waals surface area contributed by atoms with Crippen LogP contribution in [0.25, 0.3) is 5.69 Å². The summed E-state index contributed by atoms with van der Waals surface area (Å²) >= 11 is 5.93. The molecule has 0 saturated heterocycles. The molecule has 1 heterocycles. The normalized spacial score (nSPS) is 10.3. The van der Waals surface area contributed by atoms with Gasteiger partial charge in [0.25, 0.3) is 11.5 Å². The predicted molar refractivity (Wildman–Crippen MR) is 91.4 cm³/mol. The topological polar surface area (TPSA) is 51.1 Å². The van der Waals surface area contributed by atoms with E-state index in [2.05, 4.69) is 5.32 Å². The zero-order valence-corrected chi connectivity index (χ0v) is 12.8. The third kappa shape index (κ3) is 3.33. The third-order valence-corrected chi connectivity index (χ3v) is 3.55. The first-order valence-electron chi connectivity index (χ1n) is 6.99. The Balaban J connectivity index is 1.99. The van der Waals surface area contributed by atoms with E-state index in [0.29, 0.717) is 22.0 Å². The molecule has 0 radical (unpaired) electrons. The van der Waals surface area contributed by atoms with Crippen molar-refractivity contribution in [2.75, 3.05) is 5.32 Å². The van der Waals surface area contributed by atoms with E-state index in [9.17, 15) is 9.59 Å². The molecule has 0 saturated carbocycles. The molecule has 0 aliphatic heterocycles. The molecule has 0 atom stereocenters. The Hall–Kier alpha value is -2.85. The summed E-state index contributed by atoms with van der Waals surface area (Å²) in [5.41, 5.74) is 1.33. The summed E-state index contributed by atoms with van der Waals surface area (Å²) in [6, 6.07) is 18.7. The SMILES string of the molecule is O=C(Nc1cccc(Cl)c1)c1ccccc1-n1ccccc1=O. The summed E-state index contributed by atoms with van der Waals surface area (Å²) in [4.78, 5) is 24.6. The minimum Gasteiger partial charge on any atom is -0.322 e. The minimum atomic E-state index is -0.307. The molecule has 0 aliphatic carbocycles. The maximum absolute atomic E-state index is 12.6. The number of pyridine rings is 1. The third-order valence-electron chi connectivity index (χ3n) is 3.31. The molecule has 1 amide bonds. The van der Waals surface area contributed by atoms with Crippen LogP contribution >= 0.6 is 11.6 Å². The fraction of sp³-hybridized carbons (Fsp3) is 0. The van der Waals surface area contributed by atoms with Crippen LogP contribution in [0.15, 0.2) is 77.7 Å². The summed E-state index contributed by atoms with van der Waals surface area (Å²) in [6.45, 7) is 0. The first-order chi connectivity index (χ1) is 11.1. The lowest BCUT2D eigenvalue weighted by molar-refractivity contribution is 0.102. The van der Waals surface area contributed by atoms with Gasteiger partial charge in [0.05, 0.1) is 11.3 Å². The molecule has 2 aromatic carbocycles. The zero-order chi connectivity index (χ0) is 16.2. The average Bonchev–Trinajstić information content (AvgIpc) is 2.55. The van der Waals surface area contributed by atoms with E-state index in [1.54, 1.807) is 66.9 Å². The van der Waals surface area contributed by atoms with Crippen molar-refractivity contribution in [1.29, 1.82) is 0 Å². The van der Waals surface area contributed by atoms with E-state index < -0.39 is 0 Å². The van der Waals surface area contributed by atoms with Crippen LogP contribution in [0.4, 0.5) is 5.69 Å². The highest BCUT2D eigenvalue weighted by atomic mass is 35.5. The molecule has 0 aliphatic rings. The van der Waals surface area contributed by atoms with Gasteiger partial charge < -0.3 is 5.32 Å². The Labute approximate surface area is 138 Å². The highest BCUT2D eigenvalue weighted by Crippen LogP contribution is 2.18. The number of aromatic nitrogens is 1. The molecule has 4 nitrogen and oxygen atoms in total. The quantitative estimate of drug-likeness (QED) is 0.798. The summed E-state index contributed by atoms with van der Waals surface area (Å²) in [6.07, 6.45) is 1.63. The number of carbonyl (C=O) groups is 1. The zero-order valence-electron chi connectivity index (χ0n) is 12.1. The van der Waals surface area contributed by atoms with Crippen molar-refractivity contribution in [2.24, 2.45) is 0 Å². The number of para-hydroxylation sites is 1. The van der Waals surface area contributed by atoms with Crippen molar-refractivity contribution in [2.45, 2.75) is 0 Å². The van der Waals surface area contributed by atoms with Crippen molar-refractivity contribution < 1.29 is 4.79 Å². The van der Waals surface area contributed by atoms with Gasteiger partial charge in [-0.3, -0.25) is 14.2 Å². The van der Waals surface area contributed by atoms with Gasteiger partial charge in [0.2, 0.25) is 0 Å². The number of nitrogens with one attached hydrogen (secondary N) is 1. The maximum atomic E-state index is 12.6. The molecule has 1 aromatic heterocycles. The average molecular weight is 325 g/mol. The molecule has 5 heteroatoms. The first-order valence-corrected chi connectivity index (χ1v) is 7.37. The fourth-order valence-corrected chi connectivity index (χ4v) is 2.46. The van der Waals surface area contributed by atoms with E-state index >= 15 is 0 Å². The van der Waals surface area contributed by atoms with Crippen molar-refractivity contribution in [1.82, 2.24) is 4.57 Å². The van der Waals surface area contributed by atoms with Crippen molar-refractivity contribution in [3.8, 4) is 5.69 Å². The number of carbonyl (C=O) groups excluding carboxylic acids is 1. The van der Waals surface area contributed by atoms with E-state index in [1.165, 1.54) is 10.6 Å². The molecule has 3 aromatic rings. The largest absolute Gasteiger partial charge is 0.322 e. The van der Waals surface area contributed by atoms with Crippen molar-refractivity contribution in [3.63, 3.8) is 0 Å². The maximum Gasteiger partial charge on any atom is 0.257 e. The van der Waals surface area contributed by atoms with Gasteiger partial charge in [0.15, 0.2) is 0 Å². The number of amides is 1. The minimum absolute atomic E-state index is 0.199. The van der Waals surface area contributed by atoms with Crippen LogP contribution in [-0.4, -0.2) is 10.5 Å². The smallest absolute Gasteiger partial charge is 0.257 e. The monoisotopic (exact) mass is 324 g/mol. The molecule has 0 spiro atoms. The Bertz CT molecular complexity index is 918. The van der Waals surface area contributed by atoms with E-state index in [0.717, 1.165) is 0 Å². The summed E-state index contributed by atoms with van der Waals surface area (Å²) in [5, 5.41) is 3.33. The van der Waals surface area contributed by atoms with Crippen LogP contribution in [0.2, 0.25) is 5.02 Å². The van der Waals surface area contributed by atoms with E-state index in [4.69, 9.17) is 11.6 Å². The Morgan fingerprint density at radius 1 is 0.957 bits per heavy atom. The molecule has 3 rings (SSSR count). The molecule has 1 N–H and O–H groups in total. The van der Waals surface area contributed by atoms with Crippen LogP contribution < -0.4 is 10.9 Å². The first kappa shape index (κ1) is 15.1. The molecule has 0 fully saturated rings. The van der Waals surface area contributed by atoms with Gasteiger partial charge in [0, 0.05) is 23.0 Å². The molecule has 114 valence electrons. The van der Waals surface area contributed by atoms with Gasteiger partial charge in [-0.2, -0.15) is 0 Å². The Kier molecular flexibility index (Phi) is 4.26. The predicted octanol–water partition coefficient (Wildman–Crippen LogP) is 3.74. The molecular weight excluding hydrogens is 312 g/mol. The standard InChI is InChI=1S/C18H13ClN2O2/c19-13-6-5-7-14(12-13)20-18(23)15-8-1-2-9-16(15)21-11-4-3-10-17(21)22/h1-12H,(H,20,23). The van der Waals surface area contributed by atoms with Crippen LogP contribution in [-0.2, 0) is 0 Å². The van der Waals surface area contributed by atoms with Crippen LogP contribution in [0, 0.1) is 0 Å².